The van der Waals surface area contributed by atoms with Gasteiger partial charge < -0.3 is 9.84 Å². The molecule has 1 heterocycles. The Labute approximate surface area is 109 Å². The third-order valence-corrected chi connectivity index (χ3v) is 3.17. The van der Waals surface area contributed by atoms with Crippen LogP contribution in [-0.4, -0.2) is 42.3 Å². The molecule has 0 aliphatic carbocycles. The molecule has 0 spiro atoms. The Morgan fingerprint density at radius 1 is 1.37 bits per heavy atom. The Kier molecular flexibility index (Phi) is 4.44. The lowest BCUT2D eigenvalue weighted by molar-refractivity contribution is -0.139. The van der Waals surface area contributed by atoms with E-state index in [-0.39, 0.29) is 12.0 Å². The number of ether oxygens (including phenoxy) is 1. The highest BCUT2D eigenvalue weighted by atomic mass is 19.1. The van der Waals surface area contributed by atoms with Crippen LogP contribution in [0, 0.1) is 11.6 Å². The quantitative estimate of drug-likeness (QED) is 0.907. The molecule has 1 aromatic carbocycles. The third kappa shape index (κ3) is 3.48. The van der Waals surface area contributed by atoms with Crippen molar-refractivity contribution in [1.82, 2.24) is 4.90 Å². The Hall–Kier alpha value is -1.53. The fraction of sp³-hybridized carbons (Fsp3) is 0.462. The molecule has 1 saturated heterocycles. The average Bonchev–Trinajstić information content (AvgIpc) is 2.40. The highest BCUT2D eigenvalue weighted by Gasteiger charge is 2.27. The van der Waals surface area contributed by atoms with Gasteiger partial charge in [-0.3, -0.25) is 9.69 Å². The van der Waals surface area contributed by atoms with E-state index in [1.165, 1.54) is 0 Å². The summed E-state index contributed by atoms with van der Waals surface area (Å²) in [7, 11) is 0. The second-order valence-corrected chi connectivity index (χ2v) is 4.43. The van der Waals surface area contributed by atoms with Gasteiger partial charge in [0.1, 0.15) is 11.6 Å². The maximum Gasteiger partial charge on any atom is 0.305 e. The van der Waals surface area contributed by atoms with Crippen molar-refractivity contribution in [1.29, 1.82) is 0 Å². The Morgan fingerprint density at radius 2 is 2.05 bits per heavy atom. The summed E-state index contributed by atoms with van der Waals surface area (Å²) < 4.78 is 32.3. The van der Waals surface area contributed by atoms with E-state index in [2.05, 4.69) is 0 Å². The van der Waals surface area contributed by atoms with Gasteiger partial charge in [-0.15, -0.1) is 0 Å². The summed E-state index contributed by atoms with van der Waals surface area (Å²) in [5, 5.41) is 8.96. The van der Waals surface area contributed by atoms with Crippen LogP contribution in [0.15, 0.2) is 18.2 Å². The molecule has 2 rings (SSSR count). The van der Waals surface area contributed by atoms with E-state index >= 15 is 0 Å². The van der Waals surface area contributed by atoms with Gasteiger partial charge >= 0.3 is 5.97 Å². The molecule has 1 unspecified atom stereocenters. The molecule has 0 saturated carbocycles. The topological polar surface area (TPSA) is 49.8 Å². The monoisotopic (exact) mass is 271 g/mol. The summed E-state index contributed by atoms with van der Waals surface area (Å²) in [4.78, 5) is 12.8. The molecule has 4 nitrogen and oxygen atoms in total. The molecular formula is C13H15F2NO3. The number of rotatable bonds is 4. The zero-order chi connectivity index (χ0) is 13.8. The maximum absolute atomic E-state index is 13.8. The van der Waals surface area contributed by atoms with E-state index in [0.717, 1.165) is 18.2 Å². The van der Waals surface area contributed by atoms with Crippen LogP contribution in [0.4, 0.5) is 8.78 Å². The minimum atomic E-state index is -1.04. The van der Waals surface area contributed by atoms with Crippen LogP contribution in [0.25, 0.3) is 0 Å². The van der Waals surface area contributed by atoms with Gasteiger partial charge in [0.2, 0.25) is 0 Å². The second kappa shape index (κ2) is 6.08. The van der Waals surface area contributed by atoms with Gasteiger partial charge in [-0.05, 0) is 18.2 Å². The molecule has 6 heteroatoms. The van der Waals surface area contributed by atoms with E-state index < -0.39 is 23.6 Å². The van der Waals surface area contributed by atoms with Crippen molar-refractivity contribution in [3.8, 4) is 0 Å². The molecule has 104 valence electrons. The van der Waals surface area contributed by atoms with Crippen molar-refractivity contribution >= 4 is 5.97 Å². The van der Waals surface area contributed by atoms with E-state index in [9.17, 15) is 13.6 Å². The van der Waals surface area contributed by atoms with Crippen molar-refractivity contribution in [3.05, 3.63) is 35.4 Å². The lowest BCUT2D eigenvalue weighted by atomic mass is 10.0. The first kappa shape index (κ1) is 13.9. The minimum Gasteiger partial charge on any atom is -0.481 e. The Bertz CT molecular complexity index is 461. The first-order valence-corrected chi connectivity index (χ1v) is 6.06. The summed E-state index contributed by atoms with van der Waals surface area (Å²) in [5.41, 5.74) is 0.0873. The summed E-state index contributed by atoms with van der Waals surface area (Å²) in [5.74, 6) is -2.20. The first-order valence-electron chi connectivity index (χ1n) is 6.06. The van der Waals surface area contributed by atoms with Crippen LogP contribution in [0.2, 0.25) is 0 Å². The number of hydrogen-bond acceptors (Lipinski definition) is 3. The molecule has 0 bridgehead atoms. The number of halogens is 2. The predicted molar refractivity (Wildman–Crippen MR) is 63.7 cm³/mol. The van der Waals surface area contributed by atoms with Crippen molar-refractivity contribution in [2.24, 2.45) is 0 Å². The Balaban J connectivity index is 2.29. The van der Waals surface area contributed by atoms with E-state index in [4.69, 9.17) is 9.84 Å². The number of carboxylic acid groups (broad SMARTS) is 1. The smallest absolute Gasteiger partial charge is 0.305 e. The molecular weight excluding hydrogens is 256 g/mol. The number of carbonyl (C=O) groups is 1. The lowest BCUT2D eigenvalue weighted by Gasteiger charge is -2.34. The Morgan fingerprint density at radius 3 is 2.68 bits per heavy atom. The highest BCUT2D eigenvalue weighted by molar-refractivity contribution is 5.68. The number of morpholine rings is 1. The molecule has 0 amide bonds. The van der Waals surface area contributed by atoms with E-state index in [1.807, 2.05) is 4.90 Å². The van der Waals surface area contributed by atoms with Gasteiger partial charge in [-0.2, -0.15) is 0 Å². The lowest BCUT2D eigenvalue weighted by Crippen LogP contribution is -2.40. The zero-order valence-electron chi connectivity index (χ0n) is 10.3. The molecule has 1 N–H and O–H groups in total. The maximum atomic E-state index is 13.8. The summed E-state index contributed by atoms with van der Waals surface area (Å²) in [6.07, 6.45) is -0.264. The van der Waals surface area contributed by atoms with Crippen LogP contribution < -0.4 is 0 Å². The van der Waals surface area contributed by atoms with Crippen LogP contribution in [0.3, 0.4) is 0 Å². The molecule has 1 aliphatic heterocycles. The molecule has 0 aromatic heterocycles. The fourth-order valence-corrected chi connectivity index (χ4v) is 2.26. The predicted octanol–water partition coefficient (Wildman–Crippen LogP) is 1.81. The molecule has 1 atom stereocenters. The molecule has 0 radical (unpaired) electrons. The highest BCUT2D eigenvalue weighted by Crippen LogP contribution is 2.28. The number of hydrogen-bond donors (Lipinski definition) is 1. The van der Waals surface area contributed by atoms with Crippen molar-refractivity contribution in [2.75, 3.05) is 26.3 Å². The summed E-state index contributed by atoms with van der Waals surface area (Å²) in [6, 6.07) is 2.45. The first-order chi connectivity index (χ1) is 9.08. The molecule has 1 fully saturated rings. The summed E-state index contributed by atoms with van der Waals surface area (Å²) in [6.45, 7) is 1.95. The number of aliphatic carboxylic acids is 1. The third-order valence-electron chi connectivity index (χ3n) is 3.17. The van der Waals surface area contributed by atoms with Gasteiger partial charge in [0.15, 0.2) is 0 Å². The van der Waals surface area contributed by atoms with E-state index in [1.54, 1.807) is 0 Å². The normalized spacial score (nSPS) is 18.2. The number of carboxylic acids is 1. The van der Waals surface area contributed by atoms with Gasteiger partial charge in [-0.25, -0.2) is 8.78 Å². The van der Waals surface area contributed by atoms with Crippen LogP contribution in [-0.2, 0) is 9.53 Å². The second-order valence-electron chi connectivity index (χ2n) is 4.43. The van der Waals surface area contributed by atoms with Crippen LogP contribution in [0.1, 0.15) is 18.0 Å². The van der Waals surface area contributed by atoms with Crippen molar-refractivity contribution in [3.63, 3.8) is 0 Å². The molecule has 19 heavy (non-hydrogen) atoms. The van der Waals surface area contributed by atoms with Crippen molar-refractivity contribution in [2.45, 2.75) is 12.5 Å². The summed E-state index contributed by atoms with van der Waals surface area (Å²) >= 11 is 0. The van der Waals surface area contributed by atoms with Crippen LogP contribution >= 0.6 is 0 Å². The molecule has 1 aromatic rings. The zero-order valence-corrected chi connectivity index (χ0v) is 10.3. The van der Waals surface area contributed by atoms with Crippen LogP contribution in [0.5, 0.6) is 0 Å². The van der Waals surface area contributed by atoms with Gasteiger partial charge in [0, 0.05) is 24.7 Å². The number of benzene rings is 1. The average molecular weight is 271 g/mol. The largest absolute Gasteiger partial charge is 0.481 e. The molecule has 1 aliphatic rings. The fourth-order valence-electron chi connectivity index (χ4n) is 2.26. The van der Waals surface area contributed by atoms with Gasteiger partial charge in [0.05, 0.1) is 19.6 Å². The van der Waals surface area contributed by atoms with E-state index in [0.29, 0.717) is 26.3 Å². The van der Waals surface area contributed by atoms with Gasteiger partial charge in [-0.1, -0.05) is 0 Å². The van der Waals surface area contributed by atoms with Crippen molar-refractivity contribution < 1.29 is 23.4 Å². The standard InChI is InChI=1S/C13H15F2NO3/c14-9-1-2-11(15)10(7-9)12(8-13(17)18)16-3-5-19-6-4-16/h1-2,7,12H,3-6,8H2,(H,17,18). The minimum absolute atomic E-state index is 0.0873. The van der Waals surface area contributed by atoms with Gasteiger partial charge in [0.25, 0.3) is 0 Å². The number of nitrogens with zero attached hydrogens (tertiary/aromatic N) is 1. The SMILES string of the molecule is O=C(O)CC(c1cc(F)ccc1F)N1CCOCC1.